The highest BCUT2D eigenvalue weighted by molar-refractivity contribution is 6.02. The van der Waals surface area contributed by atoms with Gasteiger partial charge in [-0.3, -0.25) is 4.79 Å². The van der Waals surface area contributed by atoms with Gasteiger partial charge in [-0.2, -0.15) is 0 Å². The van der Waals surface area contributed by atoms with Gasteiger partial charge in [0.15, 0.2) is 0 Å². The maximum atomic E-state index is 12.3. The number of nitrogens with two attached hydrogens (primary N) is 1. The highest BCUT2D eigenvalue weighted by Crippen LogP contribution is 2.35. The number of amides is 1. The first-order valence-corrected chi connectivity index (χ1v) is 9.16. The van der Waals surface area contributed by atoms with Gasteiger partial charge in [-0.05, 0) is 43.4 Å². The van der Waals surface area contributed by atoms with Gasteiger partial charge in [0.25, 0.3) is 5.91 Å². The molecule has 0 atom stereocenters. The zero-order valence-electron chi connectivity index (χ0n) is 15.8. The Hall–Kier alpha value is -2.81. The molecule has 0 spiro atoms. The van der Waals surface area contributed by atoms with Gasteiger partial charge >= 0.3 is 0 Å². The van der Waals surface area contributed by atoms with E-state index in [1.54, 1.807) is 0 Å². The summed E-state index contributed by atoms with van der Waals surface area (Å²) in [7, 11) is 0. The van der Waals surface area contributed by atoms with Crippen molar-refractivity contribution in [1.82, 2.24) is 4.57 Å². The molecule has 1 aromatic heterocycles. The summed E-state index contributed by atoms with van der Waals surface area (Å²) in [5.41, 5.74) is 13.1. The topological polar surface area (TPSA) is 48.0 Å². The number of aryl methyl sites for hydroxylation is 2. The molecule has 0 bridgehead atoms. The first-order chi connectivity index (χ1) is 12.5. The van der Waals surface area contributed by atoms with Crippen LogP contribution >= 0.6 is 0 Å². The predicted octanol–water partition coefficient (Wildman–Crippen LogP) is 4.68. The summed E-state index contributed by atoms with van der Waals surface area (Å²) >= 11 is 0. The summed E-state index contributed by atoms with van der Waals surface area (Å²) < 4.78 is 2.27. The van der Waals surface area contributed by atoms with Crippen molar-refractivity contribution < 1.29 is 4.79 Å². The summed E-state index contributed by atoms with van der Waals surface area (Å²) in [5.74, 6) is -0.353. The smallest absolute Gasteiger partial charge is 0.251 e. The fourth-order valence-corrected chi connectivity index (χ4v) is 3.80. The van der Waals surface area contributed by atoms with Crippen molar-refractivity contribution in [2.45, 2.75) is 40.2 Å². The summed E-state index contributed by atoms with van der Waals surface area (Å²) in [5, 5.41) is 0. The molecule has 2 aromatic carbocycles. The van der Waals surface area contributed by atoms with Gasteiger partial charge in [-0.25, -0.2) is 0 Å². The lowest BCUT2D eigenvalue weighted by molar-refractivity contribution is 0.1000. The molecule has 0 aliphatic rings. The van der Waals surface area contributed by atoms with Gasteiger partial charge in [-0.15, -0.1) is 0 Å². The number of primary amides is 1. The molecule has 0 saturated heterocycles. The minimum absolute atomic E-state index is 0.353. The molecule has 1 heterocycles. The molecule has 26 heavy (non-hydrogen) atoms. The van der Waals surface area contributed by atoms with E-state index in [4.69, 9.17) is 5.73 Å². The summed E-state index contributed by atoms with van der Waals surface area (Å²) in [4.78, 5) is 12.3. The van der Waals surface area contributed by atoms with Crippen molar-refractivity contribution in [3.63, 3.8) is 0 Å². The van der Waals surface area contributed by atoms with Crippen LogP contribution in [0.15, 0.2) is 54.6 Å². The second kappa shape index (κ2) is 7.61. The van der Waals surface area contributed by atoms with Crippen LogP contribution in [0.3, 0.4) is 0 Å². The van der Waals surface area contributed by atoms with E-state index in [0.717, 1.165) is 41.8 Å². The number of hydrogen-bond acceptors (Lipinski definition) is 1. The number of benzene rings is 2. The molecule has 0 aliphatic heterocycles. The highest BCUT2D eigenvalue weighted by atomic mass is 16.1. The Kier molecular flexibility index (Phi) is 5.27. The molecule has 3 aromatic rings. The summed E-state index contributed by atoms with van der Waals surface area (Å²) in [6.45, 7) is 7.06. The fourth-order valence-electron chi connectivity index (χ4n) is 3.80. The second-order valence-electron chi connectivity index (χ2n) is 6.70. The van der Waals surface area contributed by atoms with Crippen LogP contribution in [-0.4, -0.2) is 10.5 Å². The molecule has 3 rings (SSSR count). The van der Waals surface area contributed by atoms with Gasteiger partial charge < -0.3 is 10.3 Å². The zero-order valence-corrected chi connectivity index (χ0v) is 15.8. The van der Waals surface area contributed by atoms with E-state index in [2.05, 4.69) is 54.8 Å². The van der Waals surface area contributed by atoms with E-state index in [1.165, 1.54) is 11.3 Å². The van der Waals surface area contributed by atoms with Crippen LogP contribution in [-0.2, 0) is 19.4 Å². The fraction of sp³-hybridized carbons (Fsp3) is 0.261. The molecule has 134 valence electrons. The van der Waals surface area contributed by atoms with E-state index < -0.39 is 0 Å². The number of hydrogen-bond donors (Lipinski definition) is 1. The van der Waals surface area contributed by atoms with Crippen molar-refractivity contribution in [3.05, 3.63) is 82.7 Å². The number of rotatable bonds is 6. The maximum Gasteiger partial charge on any atom is 0.251 e. The number of nitrogens with zero attached hydrogens (tertiary/aromatic N) is 1. The van der Waals surface area contributed by atoms with Crippen LogP contribution in [0, 0.1) is 13.8 Å². The summed E-state index contributed by atoms with van der Waals surface area (Å²) in [6.07, 6.45) is 1.78. The van der Waals surface area contributed by atoms with Crippen LogP contribution in [0.1, 0.15) is 39.8 Å². The predicted molar refractivity (Wildman–Crippen MR) is 107 cm³/mol. The third-order valence-electron chi connectivity index (χ3n) is 5.09. The number of aromatic nitrogens is 1. The Morgan fingerprint density at radius 1 is 1.00 bits per heavy atom. The average molecular weight is 346 g/mol. The van der Waals surface area contributed by atoms with Crippen molar-refractivity contribution in [1.29, 1.82) is 0 Å². The molecule has 0 fully saturated rings. The zero-order chi connectivity index (χ0) is 18.7. The standard InChI is InChI=1S/C23H26N2O/c1-4-20-22(19-13-9-8-10-16(19)2)21(23(24)26)17(3)25(20)15-14-18-11-6-5-7-12-18/h5-13H,4,14-15H2,1-3H3,(H2,24,26). The van der Waals surface area contributed by atoms with E-state index in [-0.39, 0.29) is 5.91 Å². The lowest BCUT2D eigenvalue weighted by Crippen LogP contribution is -2.14. The van der Waals surface area contributed by atoms with Gasteiger partial charge in [0.1, 0.15) is 0 Å². The van der Waals surface area contributed by atoms with E-state index in [9.17, 15) is 4.79 Å². The average Bonchev–Trinajstić information content (AvgIpc) is 2.92. The van der Waals surface area contributed by atoms with Crippen LogP contribution in [0.4, 0.5) is 0 Å². The minimum Gasteiger partial charge on any atom is -0.366 e. The first-order valence-electron chi connectivity index (χ1n) is 9.16. The quantitative estimate of drug-likeness (QED) is 0.692. The van der Waals surface area contributed by atoms with Crippen LogP contribution in [0.2, 0.25) is 0 Å². The Bertz CT molecular complexity index is 923. The van der Waals surface area contributed by atoms with Gasteiger partial charge in [0, 0.05) is 23.5 Å². The Labute approximate surface area is 155 Å². The van der Waals surface area contributed by atoms with Gasteiger partial charge in [-0.1, -0.05) is 61.5 Å². The molecule has 2 N–H and O–H groups in total. The Morgan fingerprint density at radius 3 is 2.27 bits per heavy atom. The van der Waals surface area contributed by atoms with Gasteiger partial charge in [0.05, 0.1) is 5.56 Å². The molecule has 0 aliphatic carbocycles. The molecular formula is C23H26N2O. The third-order valence-corrected chi connectivity index (χ3v) is 5.09. The Balaban J connectivity index is 2.12. The van der Waals surface area contributed by atoms with Gasteiger partial charge in [0.2, 0.25) is 0 Å². The van der Waals surface area contributed by atoms with Crippen molar-refractivity contribution in [2.75, 3.05) is 0 Å². The van der Waals surface area contributed by atoms with E-state index in [1.807, 2.05) is 25.1 Å². The molecule has 0 unspecified atom stereocenters. The van der Waals surface area contributed by atoms with Crippen molar-refractivity contribution in [3.8, 4) is 11.1 Å². The van der Waals surface area contributed by atoms with Crippen LogP contribution < -0.4 is 5.73 Å². The molecular weight excluding hydrogens is 320 g/mol. The molecule has 0 saturated carbocycles. The lowest BCUT2D eigenvalue weighted by Gasteiger charge is -2.13. The van der Waals surface area contributed by atoms with Crippen LogP contribution in [0.25, 0.3) is 11.1 Å². The normalized spacial score (nSPS) is 10.9. The molecule has 1 amide bonds. The number of carbonyl (C=O) groups is 1. The molecule has 0 radical (unpaired) electrons. The third kappa shape index (κ3) is 3.30. The molecule has 3 nitrogen and oxygen atoms in total. The summed E-state index contributed by atoms with van der Waals surface area (Å²) in [6, 6.07) is 18.6. The largest absolute Gasteiger partial charge is 0.366 e. The highest BCUT2D eigenvalue weighted by Gasteiger charge is 2.24. The Morgan fingerprint density at radius 2 is 1.65 bits per heavy atom. The monoisotopic (exact) mass is 346 g/mol. The first kappa shape index (κ1) is 18.0. The minimum atomic E-state index is -0.353. The van der Waals surface area contributed by atoms with Crippen molar-refractivity contribution in [2.24, 2.45) is 5.73 Å². The SMILES string of the molecule is CCc1c(-c2ccccc2C)c(C(N)=O)c(C)n1CCc1ccccc1. The maximum absolute atomic E-state index is 12.3. The van der Waals surface area contributed by atoms with Crippen LogP contribution in [0.5, 0.6) is 0 Å². The number of carbonyl (C=O) groups excluding carboxylic acids is 1. The lowest BCUT2D eigenvalue weighted by atomic mass is 9.95. The van der Waals surface area contributed by atoms with E-state index in [0.29, 0.717) is 5.56 Å². The second-order valence-corrected chi connectivity index (χ2v) is 6.70. The van der Waals surface area contributed by atoms with Crippen molar-refractivity contribution >= 4 is 5.91 Å². The molecule has 3 heteroatoms. The van der Waals surface area contributed by atoms with E-state index >= 15 is 0 Å².